The number of hydrogen-bond donors (Lipinski definition) is 4. The average Bonchev–Trinajstić information content (AvgIpc) is 2.04. The van der Waals surface area contributed by atoms with Crippen LogP contribution in [0.25, 0.3) is 0 Å². The van der Waals surface area contributed by atoms with Crippen LogP contribution in [0.5, 0.6) is 0 Å². The fraction of sp³-hybridized carbons (Fsp3) is 0.750. The second-order valence-electron chi connectivity index (χ2n) is 3.35. The molecule has 2 amide bonds. The van der Waals surface area contributed by atoms with Crippen LogP contribution in [0.2, 0.25) is 0 Å². The van der Waals surface area contributed by atoms with Crippen molar-refractivity contribution < 1.29 is 4.79 Å². The van der Waals surface area contributed by atoms with E-state index in [0.29, 0.717) is 0 Å². The molecule has 1 aliphatic rings. The number of hydrogen-bond acceptors (Lipinski definition) is 2. The molecule has 1 aliphatic carbocycles. The van der Waals surface area contributed by atoms with Crippen LogP contribution in [0.1, 0.15) is 32.1 Å². The van der Waals surface area contributed by atoms with Crippen molar-refractivity contribution in [3.05, 3.63) is 0 Å². The largest absolute Gasteiger partial charge is 0.370 e. The normalized spacial score (nSPS) is 17.8. The quantitative estimate of drug-likeness (QED) is 0.353. The third kappa shape index (κ3) is 3.78. The van der Waals surface area contributed by atoms with Gasteiger partial charge < -0.3 is 11.1 Å². The first-order valence-corrected chi connectivity index (χ1v) is 4.60. The second-order valence-corrected chi connectivity index (χ2v) is 3.35. The van der Waals surface area contributed by atoms with E-state index in [2.05, 4.69) is 10.6 Å². The summed E-state index contributed by atoms with van der Waals surface area (Å²) in [6.45, 7) is 0. The summed E-state index contributed by atoms with van der Waals surface area (Å²) >= 11 is 0. The molecule has 0 unspecified atom stereocenters. The summed E-state index contributed by atoms with van der Waals surface area (Å²) in [6.07, 6.45) is 5.67. The summed E-state index contributed by atoms with van der Waals surface area (Å²) < 4.78 is 0. The van der Waals surface area contributed by atoms with E-state index >= 15 is 0 Å². The van der Waals surface area contributed by atoms with Crippen LogP contribution in [0, 0.1) is 5.41 Å². The number of carbonyl (C=O) groups is 1. The lowest BCUT2D eigenvalue weighted by molar-refractivity contribution is 0.237. The molecule has 74 valence electrons. The molecule has 0 aromatic carbocycles. The highest BCUT2D eigenvalue weighted by Gasteiger charge is 2.15. The van der Waals surface area contributed by atoms with Crippen molar-refractivity contribution in [1.82, 2.24) is 10.6 Å². The molecule has 1 fully saturated rings. The van der Waals surface area contributed by atoms with Gasteiger partial charge in [0.05, 0.1) is 0 Å². The van der Waals surface area contributed by atoms with Gasteiger partial charge in [-0.05, 0) is 12.8 Å². The fourth-order valence-electron chi connectivity index (χ4n) is 1.59. The Morgan fingerprint density at radius 2 is 1.92 bits per heavy atom. The third-order valence-corrected chi connectivity index (χ3v) is 2.19. The van der Waals surface area contributed by atoms with Crippen molar-refractivity contribution in [1.29, 1.82) is 5.41 Å². The van der Waals surface area contributed by atoms with Gasteiger partial charge in [-0.25, -0.2) is 4.79 Å². The number of urea groups is 1. The monoisotopic (exact) mass is 184 g/mol. The Hall–Kier alpha value is -1.26. The molecule has 5 nitrogen and oxygen atoms in total. The molecule has 0 radical (unpaired) electrons. The summed E-state index contributed by atoms with van der Waals surface area (Å²) in [6, 6.07) is -0.104. The van der Waals surface area contributed by atoms with Crippen molar-refractivity contribution in [2.24, 2.45) is 5.73 Å². The van der Waals surface area contributed by atoms with E-state index in [1.165, 1.54) is 19.3 Å². The summed E-state index contributed by atoms with van der Waals surface area (Å²) in [5.41, 5.74) is 5.01. The van der Waals surface area contributed by atoms with E-state index < -0.39 is 0 Å². The first-order chi connectivity index (χ1) is 6.18. The molecular weight excluding hydrogens is 168 g/mol. The summed E-state index contributed by atoms with van der Waals surface area (Å²) in [7, 11) is 0. The summed E-state index contributed by atoms with van der Waals surface area (Å²) in [5, 5.41) is 11.8. The zero-order chi connectivity index (χ0) is 9.68. The van der Waals surface area contributed by atoms with Gasteiger partial charge in [0.15, 0.2) is 5.96 Å². The van der Waals surface area contributed by atoms with Gasteiger partial charge in [-0.2, -0.15) is 0 Å². The molecular formula is C8H16N4O. The van der Waals surface area contributed by atoms with E-state index in [1.807, 2.05) is 0 Å². The van der Waals surface area contributed by atoms with Gasteiger partial charge in [-0.15, -0.1) is 0 Å². The average molecular weight is 184 g/mol. The first kappa shape index (κ1) is 9.83. The Morgan fingerprint density at radius 1 is 1.31 bits per heavy atom. The maximum atomic E-state index is 11.1. The van der Waals surface area contributed by atoms with Crippen LogP contribution in [0.3, 0.4) is 0 Å². The Balaban J connectivity index is 2.22. The lowest BCUT2D eigenvalue weighted by Gasteiger charge is -2.22. The molecule has 0 aromatic heterocycles. The second kappa shape index (κ2) is 4.69. The predicted molar refractivity (Wildman–Crippen MR) is 50.5 cm³/mol. The molecule has 5 heteroatoms. The van der Waals surface area contributed by atoms with Gasteiger partial charge in [0.25, 0.3) is 0 Å². The fourth-order valence-corrected chi connectivity index (χ4v) is 1.59. The Labute approximate surface area is 77.6 Å². The number of carbonyl (C=O) groups excluding carboxylic acids is 1. The van der Waals surface area contributed by atoms with Crippen LogP contribution in [0.15, 0.2) is 0 Å². The van der Waals surface area contributed by atoms with Gasteiger partial charge in [-0.1, -0.05) is 19.3 Å². The minimum absolute atomic E-state index is 0.257. The Morgan fingerprint density at radius 3 is 2.46 bits per heavy atom. The van der Waals surface area contributed by atoms with Gasteiger partial charge in [0.1, 0.15) is 0 Å². The number of nitrogens with two attached hydrogens (primary N) is 1. The molecule has 5 N–H and O–H groups in total. The molecule has 0 heterocycles. The molecule has 0 aliphatic heterocycles. The topological polar surface area (TPSA) is 91.0 Å². The van der Waals surface area contributed by atoms with Gasteiger partial charge in [0, 0.05) is 6.04 Å². The maximum Gasteiger partial charge on any atom is 0.321 e. The SMILES string of the molecule is N=C(N)NC(=O)NC1CCCCC1. The lowest BCUT2D eigenvalue weighted by Crippen LogP contribution is -2.47. The summed E-state index contributed by atoms with van der Waals surface area (Å²) in [4.78, 5) is 11.1. The van der Waals surface area contributed by atoms with E-state index in [0.717, 1.165) is 12.8 Å². The number of nitrogens with one attached hydrogen (secondary N) is 3. The molecule has 0 aromatic rings. The summed E-state index contributed by atoms with van der Waals surface area (Å²) in [5.74, 6) is -0.312. The standard InChI is InChI=1S/C8H16N4O/c9-7(10)12-8(13)11-6-4-2-1-3-5-6/h6H,1-5H2,(H5,9,10,11,12,13). The highest BCUT2D eigenvalue weighted by atomic mass is 16.2. The maximum absolute atomic E-state index is 11.1. The van der Waals surface area contributed by atoms with E-state index in [-0.39, 0.29) is 18.0 Å². The van der Waals surface area contributed by atoms with Crippen molar-refractivity contribution in [2.75, 3.05) is 0 Å². The van der Waals surface area contributed by atoms with Crippen molar-refractivity contribution in [2.45, 2.75) is 38.1 Å². The highest BCUT2D eigenvalue weighted by molar-refractivity contribution is 5.93. The van der Waals surface area contributed by atoms with Crippen molar-refractivity contribution in [3.63, 3.8) is 0 Å². The molecule has 0 saturated heterocycles. The van der Waals surface area contributed by atoms with Crippen LogP contribution in [-0.2, 0) is 0 Å². The highest BCUT2D eigenvalue weighted by Crippen LogP contribution is 2.16. The molecule has 1 saturated carbocycles. The van der Waals surface area contributed by atoms with Gasteiger partial charge in [0.2, 0.25) is 0 Å². The molecule has 0 bridgehead atoms. The number of rotatable bonds is 1. The molecule has 0 atom stereocenters. The zero-order valence-electron chi connectivity index (χ0n) is 7.60. The Bertz CT molecular complexity index is 198. The predicted octanol–water partition coefficient (Wildman–Crippen LogP) is 0.512. The number of guanidine groups is 1. The lowest BCUT2D eigenvalue weighted by atomic mass is 9.96. The molecule has 1 rings (SSSR count). The van der Waals surface area contributed by atoms with Crippen LogP contribution < -0.4 is 16.4 Å². The number of amides is 2. The van der Waals surface area contributed by atoms with Crippen LogP contribution in [0.4, 0.5) is 4.79 Å². The third-order valence-electron chi connectivity index (χ3n) is 2.19. The van der Waals surface area contributed by atoms with Crippen molar-refractivity contribution in [3.8, 4) is 0 Å². The minimum atomic E-state index is -0.362. The smallest absolute Gasteiger partial charge is 0.321 e. The minimum Gasteiger partial charge on any atom is -0.370 e. The van der Waals surface area contributed by atoms with Crippen LogP contribution in [-0.4, -0.2) is 18.0 Å². The van der Waals surface area contributed by atoms with Crippen molar-refractivity contribution >= 4 is 12.0 Å². The molecule has 13 heavy (non-hydrogen) atoms. The van der Waals surface area contributed by atoms with Gasteiger partial charge >= 0.3 is 6.03 Å². The van der Waals surface area contributed by atoms with E-state index in [4.69, 9.17) is 11.1 Å². The van der Waals surface area contributed by atoms with Gasteiger partial charge in [-0.3, -0.25) is 10.7 Å². The van der Waals surface area contributed by atoms with Crippen LogP contribution >= 0.6 is 0 Å². The van der Waals surface area contributed by atoms with E-state index in [9.17, 15) is 4.79 Å². The zero-order valence-corrected chi connectivity index (χ0v) is 7.60. The first-order valence-electron chi connectivity index (χ1n) is 4.60. The Kier molecular flexibility index (Phi) is 3.54. The molecule has 0 spiro atoms. The van der Waals surface area contributed by atoms with E-state index in [1.54, 1.807) is 0 Å².